The van der Waals surface area contributed by atoms with Crippen molar-refractivity contribution < 1.29 is 4.79 Å². The van der Waals surface area contributed by atoms with Gasteiger partial charge in [-0.1, -0.05) is 35.3 Å². The highest BCUT2D eigenvalue weighted by atomic mass is 35.5. The second-order valence-corrected chi connectivity index (χ2v) is 9.26. The molecule has 0 saturated carbocycles. The van der Waals surface area contributed by atoms with Gasteiger partial charge in [0.05, 0.1) is 10.6 Å². The zero-order valence-electron chi connectivity index (χ0n) is 17.6. The Morgan fingerprint density at radius 3 is 2.42 bits per heavy atom. The molecule has 0 unspecified atom stereocenters. The molecule has 4 nitrogen and oxygen atoms in total. The van der Waals surface area contributed by atoms with Crippen molar-refractivity contribution in [3.63, 3.8) is 0 Å². The van der Waals surface area contributed by atoms with Gasteiger partial charge in [-0.15, -0.1) is 0 Å². The number of nitrogens with one attached hydrogen (secondary N) is 1. The highest BCUT2D eigenvalue weighted by Gasteiger charge is 2.25. The van der Waals surface area contributed by atoms with Crippen molar-refractivity contribution in [2.24, 2.45) is 4.99 Å². The van der Waals surface area contributed by atoms with Crippen LogP contribution in [0.25, 0.3) is 11.8 Å². The number of amides is 1. The molecule has 3 aromatic rings. The fourth-order valence-electron chi connectivity index (χ4n) is 3.59. The van der Waals surface area contributed by atoms with Crippen molar-refractivity contribution in [3.8, 4) is 5.69 Å². The van der Waals surface area contributed by atoms with Crippen LogP contribution in [0.15, 0.2) is 52.4 Å². The summed E-state index contributed by atoms with van der Waals surface area (Å²) in [5.74, 6) is -0.160. The van der Waals surface area contributed by atoms with Crippen LogP contribution in [-0.4, -0.2) is 15.6 Å². The van der Waals surface area contributed by atoms with E-state index in [1.165, 1.54) is 11.8 Å². The Morgan fingerprint density at radius 2 is 1.68 bits per heavy atom. The van der Waals surface area contributed by atoms with Gasteiger partial charge in [-0.05, 0) is 92.6 Å². The van der Waals surface area contributed by atoms with E-state index in [2.05, 4.69) is 20.9 Å². The first kappa shape index (κ1) is 21.8. The molecule has 0 spiro atoms. The van der Waals surface area contributed by atoms with E-state index in [1.54, 1.807) is 0 Å². The Morgan fingerprint density at radius 1 is 1.00 bits per heavy atom. The van der Waals surface area contributed by atoms with Crippen LogP contribution in [0.5, 0.6) is 0 Å². The fraction of sp³-hybridized carbons (Fsp3) is 0.167. The van der Waals surface area contributed by atoms with Crippen LogP contribution in [0, 0.1) is 27.7 Å². The zero-order chi connectivity index (χ0) is 22.3. The number of thioether (sulfide) groups is 1. The number of aromatic nitrogens is 1. The minimum absolute atomic E-state index is 0.160. The molecule has 158 valence electrons. The molecule has 1 amide bonds. The average molecular weight is 470 g/mol. The summed E-state index contributed by atoms with van der Waals surface area (Å²) in [5, 5.41) is 4.77. The average Bonchev–Trinajstić information content (AvgIpc) is 3.20. The quantitative estimate of drug-likeness (QED) is 0.423. The lowest BCUT2D eigenvalue weighted by Gasteiger charge is -2.13. The monoisotopic (exact) mass is 469 g/mol. The molecular formula is C24H21Cl2N3OS. The van der Waals surface area contributed by atoms with Crippen molar-refractivity contribution in [2.75, 3.05) is 0 Å². The number of nitrogens with zero attached hydrogens (tertiary/aromatic N) is 2. The summed E-state index contributed by atoms with van der Waals surface area (Å²) < 4.78 is 2.16. The Balaban J connectivity index is 1.68. The summed E-state index contributed by atoms with van der Waals surface area (Å²) in [6, 6.07) is 13.5. The van der Waals surface area contributed by atoms with E-state index in [9.17, 15) is 4.79 Å². The molecule has 1 aromatic heterocycles. The molecule has 1 saturated heterocycles. The summed E-state index contributed by atoms with van der Waals surface area (Å²) in [6.45, 7) is 8.01. The van der Waals surface area contributed by atoms with E-state index in [0.717, 1.165) is 44.5 Å². The van der Waals surface area contributed by atoms with Crippen LogP contribution in [0.2, 0.25) is 10.0 Å². The standard InChI is InChI=1S/C24H21Cl2N3OS/c1-13-11-17(16(4)29(13)21-10-6-8-19(26)15(21)3)12-22-23(30)28-24(31-22)27-20-9-5-7-18(25)14(20)2/h5-12H,1-4H3,(H,27,28,30)/b22-12+. The molecule has 31 heavy (non-hydrogen) atoms. The van der Waals surface area contributed by atoms with Gasteiger partial charge >= 0.3 is 0 Å². The number of rotatable bonds is 3. The molecule has 7 heteroatoms. The SMILES string of the molecule is Cc1c(Cl)cccc1N=C1NC(=O)/C(=C\c2cc(C)n(-c3cccc(Cl)c3C)c2C)S1. The summed E-state index contributed by atoms with van der Waals surface area (Å²) in [5.41, 5.74) is 6.77. The van der Waals surface area contributed by atoms with Gasteiger partial charge in [0.25, 0.3) is 5.91 Å². The predicted octanol–water partition coefficient (Wildman–Crippen LogP) is 6.91. The first-order chi connectivity index (χ1) is 14.8. The lowest BCUT2D eigenvalue weighted by atomic mass is 10.2. The van der Waals surface area contributed by atoms with E-state index >= 15 is 0 Å². The fourth-order valence-corrected chi connectivity index (χ4v) is 4.76. The lowest BCUT2D eigenvalue weighted by molar-refractivity contribution is -0.115. The second kappa shape index (κ2) is 8.58. The number of hydrogen-bond acceptors (Lipinski definition) is 3. The maximum Gasteiger partial charge on any atom is 0.264 e. The van der Waals surface area contributed by atoms with E-state index in [4.69, 9.17) is 23.2 Å². The number of carbonyl (C=O) groups is 1. The molecule has 1 fully saturated rings. The third-order valence-corrected chi connectivity index (χ3v) is 7.08. The molecule has 0 atom stereocenters. The molecule has 2 aromatic carbocycles. The number of halogens is 2. The van der Waals surface area contributed by atoms with Gasteiger partial charge in [-0.2, -0.15) is 0 Å². The van der Waals surface area contributed by atoms with Crippen LogP contribution in [0.1, 0.15) is 28.1 Å². The number of hydrogen-bond donors (Lipinski definition) is 1. The Labute approximate surface area is 196 Å². The van der Waals surface area contributed by atoms with Crippen molar-refractivity contribution in [1.29, 1.82) is 0 Å². The van der Waals surface area contributed by atoms with E-state index in [1.807, 2.05) is 70.2 Å². The van der Waals surface area contributed by atoms with Gasteiger partial charge in [-0.25, -0.2) is 4.99 Å². The maximum atomic E-state index is 12.6. The smallest absolute Gasteiger partial charge is 0.264 e. The minimum atomic E-state index is -0.160. The molecule has 4 rings (SSSR count). The van der Waals surface area contributed by atoms with Gasteiger partial charge < -0.3 is 9.88 Å². The van der Waals surface area contributed by atoms with Gasteiger partial charge in [0, 0.05) is 27.1 Å². The van der Waals surface area contributed by atoms with E-state index < -0.39 is 0 Å². The zero-order valence-corrected chi connectivity index (χ0v) is 19.9. The van der Waals surface area contributed by atoms with Gasteiger partial charge in [0.2, 0.25) is 0 Å². The minimum Gasteiger partial charge on any atom is -0.318 e. The second-order valence-electron chi connectivity index (χ2n) is 7.41. The first-order valence-electron chi connectivity index (χ1n) is 9.75. The molecule has 1 N–H and O–H groups in total. The van der Waals surface area contributed by atoms with Crippen molar-refractivity contribution in [3.05, 3.63) is 85.5 Å². The number of aliphatic imine (C=N–C) groups is 1. The summed E-state index contributed by atoms with van der Waals surface area (Å²) in [4.78, 5) is 17.7. The summed E-state index contributed by atoms with van der Waals surface area (Å²) >= 11 is 13.8. The van der Waals surface area contributed by atoms with E-state index in [-0.39, 0.29) is 5.91 Å². The van der Waals surface area contributed by atoms with Gasteiger partial charge in [0.1, 0.15) is 0 Å². The molecule has 0 bridgehead atoms. The number of carbonyl (C=O) groups excluding carboxylic acids is 1. The number of benzene rings is 2. The van der Waals surface area contributed by atoms with Gasteiger partial charge in [-0.3, -0.25) is 4.79 Å². The van der Waals surface area contributed by atoms with Crippen molar-refractivity contribution >= 4 is 57.8 Å². The Hall–Kier alpha value is -2.47. The highest BCUT2D eigenvalue weighted by Crippen LogP contribution is 2.33. The largest absolute Gasteiger partial charge is 0.318 e. The first-order valence-corrected chi connectivity index (χ1v) is 11.3. The topological polar surface area (TPSA) is 46.4 Å². The third kappa shape index (κ3) is 4.18. The summed E-state index contributed by atoms with van der Waals surface area (Å²) in [6.07, 6.45) is 1.91. The third-order valence-electron chi connectivity index (χ3n) is 5.35. The van der Waals surface area contributed by atoms with Crippen LogP contribution >= 0.6 is 35.0 Å². The molecule has 2 heterocycles. The number of amidine groups is 1. The molecule has 0 radical (unpaired) electrons. The van der Waals surface area contributed by atoms with Crippen molar-refractivity contribution in [1.82, 2.24) is 9.88 Å². The van der Waals surface area contributed by atoms with Crippen LogP contribution in [-0.2, 0) is 4.79 Å². The maximum absolute atomic E-state index is 12.6. The van der Waals surface area contributed by atoms with Crippen molar-refractivity contribution in [2.45, 2.75) is 27.7 Å². The van der Waals surface area contributed by atoms with E-state index in [0.29, 0.717) is 15.1 Å². The van der Waals surface area contributed by atoms with Crippen LogP contribution in [0.4, 0.5) is 5.69 Å². The normalized spacial score (nSPS) is 16.4. The number of aryl methyl sites for hydroxylation is 1. The predicted molar refractivity (Wildman–Crippen MR) is 132 cm³/mol. The highest BCUT2D eigenvalue weighted by molar-refractivity contribution is 8.18. The summed E-state index contributed by atoms with van der Waals surface area (Å²) in [7, 11) is 0. The van der Waals surface area contributed by atoms with Gasteiger partial charge in [0.15, 0.2) is 5.17 Å². The Kier molecular flexibility index (Phi) is 6.02. The molecule has 1 aliphatic rings. The lowest BCUT2D eigenvalue weighted by Crippen LogP contribution is -2.19. The Bertz CT molecular complexity index is 1270. The molecular weight excluding hydrogens is 449 g/mol. The molecule has 1 aliphatic heterocycles. The van der Waals surface area contributed by atoms with Crippen LogP contribution < -0.4 is 5.32 Å². The molecule has 0 aliphatic carbocycles. The van der Waals surface area contributed by atoms with Crippen LogP contribution in [0.3, 0.4) is 0 Å².